The number of carbonyl (C=O) groups excluding carboxylic acids is 5. The molecule has 1 unspecified atom stereocenters. The summed E-state index contributed by atoms with van der Waals surface area (Å²) in [6.07, 6.45) is -0.381. The molecule has 22 heteroatoms. The van der Waals surface area contributed by atoms with E-state index in [0.29, 0.717) is 84.9 Å². The fraction of sp³-hybridized carbons (Fsp3) is 0.553. The van der Waals surface area contributed by atoms with Crippen molar-refractivity contribution < 1.29 is 88.6 Å². The Kier molecular flexibility index (Phi) is 20.7. The molecule has 17 nitrogen and oxygen atoms in total. The molecular formula is C38H46F5N3O14. The van der Waals surface area contributed by atoms with Crippen molar-refractivity contribution >= 4 is 35.3 Å². The Morgan fingerprint density at radius 2 is 1.07 bits per heavy atom. The maximum atomic E-state index is 13.6. The van der Waals surface area contributed by atoms with Gasteiger partial charge in [0.25, 0.3) is 11.8 Å². The molecule has 60 heavy (non-hydrogen) atoms. The molecule has 2 aromatic carbocycles. The van der Waals surface area contributed by atoms with Gasteiger partial charge in [-0.15, -0.1) is 0 Å². The number of halogens is 5. The normalized spacial score (nSPS) is 15.2. The summed E-state index contributed by atoms with van der Waals surface area (Å²) in [6.45, 7) is 4.68. The summed E-state index contributed by atoms with van der Waals surface area (Å²) in [5.41, 5.74) is 0.820. The van der Waals surface area contributed by atoms with Crippen LogP contribution in [-0.4, -0.2) is 153 Å². The lowest BCUT2D eigenvalue weighted by Gasteiger charge is -2.27. The highest BCUT2D eigenvalue weighted by atomic mass is 19.2. The largest absolute Gasteiger partial charge is 0.420 e. The first-order valence-corrected chi connectivity index (χ1v) is 18.9. The Hall–Kier alpha value is -4.68. The van der Waals surface area contributed by atoms with Gasteiger partial charge in [-0.05, 0) is 18.6 Å². The number of anilines is 1. The number of rotatable bonds is 30. The Balaban J connectivity index is 0.863. The summed E-state index contributed by atoms with van der Waals surface area (Å²) in [7, 11) is 0. The molecule has 0 spiro atoms. The number of esters is 1. The van der Waals surface area contributed by atoms with Crippen LogP contribution in [0.15, 0.2) is 18.2 Å². The first-order valence-electron chi connectivity index (χ1n) is 18.9. The van der Waals surface area contributed by atoms with Gasteiger partial charge in [-0.1, -0.05) is 6.07 Å². The molecule has 0 radical (unpaired) electrons. The maximum absolute atomic E-state index is 13.6. The van der Waals surface area contributed by atoms with Crippen LogP contribution >= 0.6 is 0 Å². The first-order chi connectivity index (χ1) is 29.0. The standard InChI is InChI=1S/C38H46F5N3O14/c39-30-31(40)33(42)35(34(43)32(30)41)60-28(48)6-8-52-10-12-54-14-16-56-18-20-58-22-23-59-21-19-57-17-15-55-13-11-53-9-7-44-25-3-1-2-24-29(25)38(51)46(37(24)50)26-4-5-27(47)45-36(26)49/h1-3,26,44H,4-23H2,(H,45,47,49). The smallest absolute Gasteiger partial charge is 0.313 e. The Morgan fingerprint density at radius 3 is 1.55 bits per heavy atom. The van der Waals surface area contributed by atoms with Gasteiger partial charge in [0, 0.05) is 18.7 Å². The van der Waals surface area contributed by atoms with Crippen molar-refractivity contribution in [1.82, 2.24) is 10.2 Å². The van der Waals surface area contributed by atoms with Crippen LogP contribution in [0, 0.1) is 29.1 Å². The highest BCUT2D eigenvalue weighted by Gasteiger charge is 2.45. The number of ether oxygens (including phenoxy) is 9. The number of carbonyl (C=O) groups is 5. The van der Waals surface area contributed by atoms with Crippen LogP contribution in [0.4, 0.5) is 27.6 Å². The molecule has 2 aliphatic rings. The van der Waals surface area contributed by atoms with Gasteiger partial charge in [-0.25, -0.2) is 13.2 Å². The molecule has 332 valence electrons. The van der Waals surface area contributed by atoms with Crippen molar-refractivity contribution in [3.05, 3.63) is 58.4 Å². The second-order valence-corrected chi connectivity index (χ2v) is 12.6. The zero-order valence-electron chi connectivity index (χ0n) is 32.5. The van der Waals surface area contributed by atoms with E-state index in [4.69, 9.17) is 37.9 Å². The van der Waals surface area contributed by atoms with E-state index in [1.54, 1.807) is 12.1 Å². The Bertz CT molecular complexity index is 1740. The van der Waals surface area contributed by atoms with Gasteiger partial charge in [0.2, 0.25) is 46.6 Å². The number of imide groups is 2. The number of nitrogens with one attached hydrogen (secondary N) is 2. The van der Waals surface area contributed by atoms with E-state index in [9.17, 15) is 45.9 Å². The van der Waals surface area contributed by atoms with Gasteiger partial charge in [0.05, 0.1) is 123 Å². The first kappa shape index (κ1) is 48.0. The third kappa shape index (κ3) is 14.5. The molecule has 0 aliphatic carbocycles. The summed E-state index contributed by atoms with van der Waals surface area (Å²) in [6, 6.07) is 3.80. The summed E-state index contributed by atoms with van der Waals surface area (Å²) in [5.74, 6) is -16.5. The predicted molar refractivity (Wildman–Crippen MR) is 195 cm³/mol. The average molecular weight is 864 g/mol. The number of amides is 4. The van der Waals surface area contributed by atoms with Gasteiger partial charge in [-0.2, -0.15) is 8.78 Å². The minimum absolute atomic E-state index is 0.0431. The van der Waals surface area contributed by atoms with Crippen molar-refractivity contribution in [3.63, 3.8) is 0 Å². The zero-order chi connectivity index (χ0) is 43.3. The van der Waals surface area contributed by atoms with E-state index in [2.05, 4.69) is 15.4 Å². The van der Waals surface area contributed by atoms with Crippen LogP contribution in [-0.2, 0) is 52.3 Å². The van der Waals surface area contributed by atoms with E-state index in [-0.39, 0.29) is 57.0 Å². The molecule has 0 saturated carbocycles. The van der Waals surface area contributed by atoms with Gasteiger partial charge in [0.15, 0.2) is 0 Å². The minimum Gasteiger partial charge on any atom is -0.420 e. The number of hydrogen-bond acceptors (Lipinski definition) is 15. The fourth-order valence-electron chi connectivity index (χ4n) is 5.56. The van der Waals surface area contributed by atoms with Crippen LogP contribution in [0.3, 0.4) is 0 Å². The lowest BCUT2D eigenvalue weighted by atomic mass is 10.0. The molecule has 2 aliphatic heterocycles. The highest BCUT2D eigenvalue weighted by molar-refractivity contribution is 6.25. The molecular weight excluding hydrogens is 817 g/mol. The molecule has 4 rings (SSSR count). The van der Waals surface area contributed by atoms with E-state index in [1.165, 1.54) is 6.07 Å². The van der Waals surface area contributed by atoms with E-state index in [1.807, 2.05) is 0 Å². The topological polar surface area (TPSA) is 196 Å². The minimum atomic E-state index is -2.36. The Morgan fingerprint density at radius 1 is 0.617 bits per heavy atom. The predicted octanol–water partition coefficient (Wildman–Crippen LogP) is 2.32. The van der Waals surface area contributed by atoms with Crippen molar-refractivity contribution in [2.24, 2.45) is 0 Å². The molecule has 2 aromatic rings. The number of hydrogen-bond donors (Lipinski definition) is 2. The third-order valence-corrected chi connectivity index (χ3v) is 8.47. The Labute approximate surface area is 340 Å². The van der Waals surface area contributed by atoms with Crippen LogP contribution in [0.5, 0.6) is 5.75 Å². The molecule has 0 aromatic heterocycles. The van der Waals surface area contributed by atoms with Crippen molar-refractivity contribution in [2.45, 2.75) is 25.3 Å². The van der Waals surface area contributed by atoms with Gasteiger partial charge in [0.1, 0.15) is 6.04 Å². The molecule has 1 atom stereocenters. The van der Waals surface area contributed by atoms with E-state index >= 15 is 0 Å². The number of nitrogens with zero attached hydrogens (tertiary/aromatic N) is 1. The molecule has 0 bridgehead atoms. The van der Waals surface area contributed by atoms with Crippen LogP contribution in [0.25, 0.3) is 0 Å². The second-order valence-electron chi connectivity index (χ2n) is 12.6. The van der Waals surface area contributed by atoms with Crippen LogP contribution in [0.2, 0.25) is 0 Å². The summed E-state index contributed by atoms with van der Waals surface area (Å²) in [4.78, 5) is 62.5. The van der Waals surface area contributed by atoms with Crippen molar-refractivity contribution in [3.8, 4) is 5.75 Å². The number of piperidine rings is 1. The molecule has 4 amide bonds. The summed E-state index contributed by atoms with van der Waals surface area (Å²) >= 11 is 0. The van der Waals surface area contributed by atoms with E-state index < -0.39 is 76.9 Å². The quantitative estimate of drug-likeness (QED) is 0.0221. The average Bonchev–Trinajstić information content (AvgIpc) is 3.49. The maximum Gasteiger partial charge on any atom is 0.313 e. The molecule has 1 saturated heterocycles. The SMILES string of the molecule is O=C1CCC(N2C(=O)c3cccc(NCCOCCOCCOCCOCCOCCOCCOCCOCCC(=O)Oc4c(F)c(F)c(F)c(F)c4F)c3C2=O)C(=O)N1. The molecule has 1 fully saturated rings. The lowest BCUT2D eigenvalue weighted by Crippen LogP contribution is -2.54. The third-order valence-electron chi connectivity index (χ3n) is 8.47. The van der Waals surface area contributed by atoms with Crippen LogP contribution < -0.4 is 15.4 Å². The number of fused-ring (bicyclic) bond motifs is 1. The summed E-state index contributed by atoms with van der Waals surface area (Å²) in [5, 5.41) is 5.28. The molecule has 2 heterocycles. The highest BCUT2D eigenvalue weighted by Crippen LogP contribution is 2.32. The monoisotopic (exact) mass is 863 g/mol. The zero-order valence-corrected chi connectivity index (χ0v) is 32.5. The fourth-order valence-corrected chi connectivity index (χ4v) is 5.56. The number of benzene rings is 2. The van der Waals surface area contributed by atoms with Crippen molar-refractivity contribution in [2.75, 3.05) is 118 Å². The molecule has 2 N–H and O–H groups in total. The summed E-state index contributed by atoms with van der Waals surface area (Å²) < 4.78 is 114. The van der Waals surface area contributed by atoms with E-state index in [0.717, 1.165) is 4.90 Å². The van der Waals surface area contributed by atoms with Gasteiger partial charge < -0.3 is 47.9 Å². The van der Waals surface area contributed by atoms with Gasteiger partial charge in [-0.3, -0.25) is 34.2 Å². The van der Waals surface area contributed by atoms with Crippen molar-refractivity contribution in [1.29, 1.82) is 0 Å². The van der Waals surface area contributed by atoms with Gasteiger partial charge >= 0.3 is 5.97 Å². The second kappa shape index (κ2) is 25.8. The van der Waals surface area contributed by atoms with Crippen LogP contribution in [0.1, 0.15) is 40.0 Å². The lowest BCUT2D eigenvalue weighted by molar-refractivity contribution is -0.137.